The summed E-state index contributed by atoms with van der Waals surface area (Å²) < 4.78 is 0. The number of benzene rings is 2. The second-order valence-corrected chi connectivity index (χ2v) is 14.3. The third kappa shape index (κ3) is 6.56. The van der Waals surface area contributed by atoms with Gasteiger partial charge in [-0.25, -0.2) is 0 Å². The van der Waals surface area contributed by atoms with Gasteiger partial charge >= 0.3 is 0 Å². The molecule has 0 aliphatic heterocycles. The minimum Gasteiger partial charge on any atom is -0.507 e. The zero-order valence-electron chi connectivity index (χ0n) is 24.1. The SMILES string of the molecule is CN(Cc1cc(C(C)(C)C)c(O)c(C(C)(C)C)c1)Cc1cc(C(C)(C)C)c(O)c(C(C)(C)C)c1. The molecule has 0 atom stereocenters. The summed E-state index contributed by atoms with van der Waals surface area (Å²) in [5.74, 6) is 0.851. The Labute approximate surface area is 209 Å². The fourth-order valence-electron chi connectivity index (χ4n) is 4.54. The normalized spacial score (nSPS) is 13.6. The van der Waals surface area contributed by atoms with Crippen molar-refractivity contribution in [3.63, 3.8) is 0 Å². The Morgan fingerprint density at radius 3 is 0.882 bits per heavy atom. The first-order chi connectivity index (χ1) is 15.1. The molecule has 0 saturated carbocycles. The lowest BCUT2D eigenvalue weighted by Crippen LogP contribution is -2.22. The van der Waals surface area contributed by atoms with Crippen molar-refractivity contribution in [1.29, 1.82) is 0 Å². The minimum atomic E-state index is -0.140. The third-order valence-corrected chi connectivity index (χ3v) is 6.48. The largest absolute Gasteiger partial charge is 0.507 e. The molecule has 190 valence electrons. The number of hydrogen-bond acceptors (Lipinski definition) is 3. The maximum Gasteiger partial charge on any atom is 0.123 e. The summed E-state index contributed by atoms with van der Waals surface area (Å²) in [5.41, 5.74) is 5.85. The van der Waals surface area contributed by atoms with Gasteiger partial charge in [0, 0.05) is 13.1 Å². The van der Waals surface area contributed by atoms with E-state index in [1.165, 1.54) is 11.1 Å². The highest BCUT2D eigenvalue weighted by molar-refractivity contribution is 5.51. The van der Waals surface area contributed by atoms with Crippen molar-refractivity contribution in [3.05, 3.63) is 57.6 Å². The van der Waals surface area contributed by atoms with Gasteiger partial charge in [-0.1, -0.05) is 107 Å². The molecule has 2 rings (SSSR count). The van der Waals surface area contributed by atoms with Crippen molar-refractivity contribution in [2.75, 3.05) is 7.05 Å². The first kappa shape index (κ1) is 28.2. The Bertz CT molecular complexity index is 868. The summed E-state index contributed by atoms with van der Waals surface area (Å²) in [5, 5.41) is 22.1. The molecule has 0 heterocycles. The Kier molecular flexibility index (Phi) is 7.66. The fraction of sp³-hybridized carbons (Fsp3) is 0.613. The molecule has 0 amide bonds. The number of phenols is 2. The molecular weight excluding hydrogens is 418 g/mol. The van der Waals surface area contributed by atoms with Gasteiger partial charge in [-0.3, -0.25) is 4.90 Å². The predicted molar refractivity (Wildman–Crippen MR) is 146 cm³/mol. The van der Waals surface area contributed by atoms with Crippen LogP contribution >= 0.6 is 0 Å². The number of phenolic OH excluding ortho intramolecular Hbond substituents is 2. The Hall–Kier alpha value is -2.00. The van der Waals surface area contributed by atoms with Crippen LogP contribution in [-0.2, 0) is 34.7 Å². The molecule has 0 aromatic heterocycles. The van der Waals surface area contributed by atoms with Crippen LogP contribution in [0.25, 0.3) is 0 Å². The molecule has 2 N–H and O–H groups in total. The van der Waals surface area contributed by atoms with E-state index in [0.29, 0.717) is 11.5 Å². The molecule has 3 nitrogen and oxygen atoms in total. The first-order valence-electron chi connectivity index (χ1n) is 12.5. The van der Waals surface area contributed by atoms with E-state index in [1.54, 1.807) is 0 Å². The van der Waals surface area contributed by atoms with Crippen molar-refractivity contribution in [1.82, 2.24) is 4.90 Å². The van der Waals surface area contributed by atoms with E-state index >= 15 is 0 Å². The van der Waals surface area contributed by atoms with E-state index in [9.17, 15) is 10.2 Å². The standard InChI is InChI=1S/C31H49NO2/c1-28(2,3)22-14-20(15-23(26(22)33)29(4,5)6)18-32(13)19-21-16-24(30(7,8)9)27(34)25(17-21)31(10,11)12/h14-17,33-34H,18-19H2,1-13H3. The van der Waals surface area contributed by atoms with Crippen molar-refractivity contribution >= 4 is 0 Å². The van der Waals surface area contributed by atoms with Crippen LogP contribution in [0.1, 0.15) is 116 Å². The summed E-state index contributed by atoms with van der Waals surface area (Å²) in [7, 11) is 2.14. The van der Waals surface area contributed by atoms with E-state index in [2.05, 4.69) is 119 Å². The molecule has 0 aliphatic rings. The maximum absolute atomic E-state index is 11.1. The van der Waals surface area contributed by atoms with Crippen LogP contribution < -0.4 is 0 Å². The first-order valence-corrected chi connectivity index (χ1v) is 12.5. The molecule has 0 aliphatic carbocycles. The molecule has 34 heavy (non-hydrogen) atoms. The molecule has 2 aromatic carbocycles. The summed E-state index contributed by atoms with van der Waals surface area (Å²) in [4.78, 5) is 2.32. The van der Waals surface area contributed by atoms with Crippen molar-refractivity contribution < 1.29 is 10.2 Å². The van der Waals surface area contributed by atoms with E-state index in [-0.39, 0.29) is 21.7 Å². The number of hydrogen-bond donors (Lipinski definition) is 2. The number of nitrogens with zero attached hydrogens (tertiary/aromatic N) is 1. The molecule has 2 aromatic rings. The Morgan fingerprint density at radius 1 is 0.500 bits per heavy atom. The van der Waals surface area contributed by atoms with E-state index in [4.69, 9.17) is 0 Å². The smallest absolute Gasteiger partial charge is 0.123 e. The van der Waals surface area contributed by atoms with Crippen LogP contribution in [0.3, 0.4) is 0 Å². The second-order valence-electron chi connectivity index (χ2n) is 14.3. The third-order valence-electron chi connectivity index (χ3n) is 6.48. The molecule has 0 spiro atoms. The number of rotatable bonds is 4. The quantitative estimate of drug-likeness (QED) is 0.480. The predicted octanol–water partition coefficient (Wildman–Crippen LogP) is 7.92. The van der Waals surface area contributed by atoms with Gasteiger partial charge in [0.25, 0.3) is 0 Å². The zero-order chi connectivity index (χ0) is 26.4. The van der Waals surface area contributed by atoms with Crippen LogP contribution in [0.4, 0.5) is 0 Å². The topological polar surface area (TPSA) is 43.7 Å². The van der Waals surface area contributed by atoms with Crippen LogP contribution in [-0.4, -0.2) is 22.2 Å². The van der Waals surface area contributed by atoms with Crippen molar-refractivity contribution in [3.8, 4) is 11.5 Å². The van der Waals surface area contributed by atoms with Crippen LogP contribution in [0.2, 0.25) is 0 Å². The van der Waals surface area contributed by atoms with Crippen LogP contribution in [0.15, 0.2) is 24.3 Å². The van der Waals surface area contributed by atoms with Gasteiger partial charge in [0.05, 0.1) is 0 Å². The minimum absolute atomic E-state index is 0.140. The highest BCUT2D eigenvalue weighted by Crippen LogP contribution is 2.41. The van der Waals surface area contributed by atoms with E-state index < -0.39 is 0 Å². The molecule has 0 saturated heterocycles. The van der Waals surface area contributed by atoms with Crippen molar-refractivity contribution in [2.24, 2.45) is 0 Å². The van der Waals surface area contributed by atoms with Crippen molar-refractivity contribution in [2.45, 2.75) is 118 Å². The molecule has 0 bridgehead atoms. The molecule has 0 fully saturated rings. The van der Waals surface area contributed by atoms with Gasteiger partial charge in [-0.15, -0.1) is 0 Å². The molecule has 3 heteroatoms. The average molecular weight is 468 g/mol. The Morgan fingerprint density at radius 2 is 0.706 bits per heavy atom. The monoisotopic (exact) mass is 467 g/mol. The van der Waals surface area contributed by atoms with Crippen LogP contribution in [0.5, 0.6) is 11.5 Å². The van der Waals surface area contributed by atoms with Gasteiger partial charge in [-0.2, -0.15) is 0 Å². The summed E-state index contributed by atoms with van der Waals surface area (Å²) in [6, 6.07) is 8.66. The molecule has 0 unspecified atom stereocenters. The maximum atomic E-state index is 11.1. The highest BCUT2D eigenvalue weighted by Gasteiger charge is 2.28. The zero-order valence-corrected chi connectivity index (χ0v) is 24.1. The van der Waals surface area contributed by atoms with Gasteiger partial charge in [0.1, 0.15) is 11.5 Å². The Balaban J connectivity index is 2.48. The van der Waals surface area contributed by atoms with E-state index in [1.807, 2.05) is 0 Å². The summed E-state index contributed by atoms with van der Waals surface area (Å²) in [6.07, 6.45) is 0. The van der Waals surface area contributed by atoms with E-state index in [0.717, 1.165) is 35.3 Å². The number of aromatic hydroxyl groups is 2. The molecular formula is C31H49NO2. The lowest BCUT2D eigenvalue weighted by atomic mass is 9.78. The highest BCUT2D eigenvalue weighted by atomic mass is 16.3. The summed E-state index contributed by atoms with van der Waals surface area (Å²) in [6.45, 7) is 27.4. The molecule has 0 radical (unpaired) electrons. The lowest BCUT2D eigenvalue weighted by molar-refractivity contribution is 0.316. The lowest BCUT2D eigenvalue weighted by Gasteiger charge is -2.30. The fourth-order valence-corrected chi connectivity index (χ4v) is 4.54. The van der Waals surface area contributed by atoms with Gasteiger partial charge in [-0.05, 0) is 62.1 Å². The van der Waals surface area contributed by atoms with Crippen LogP contribution in [0, 0.1) is 0 Å². The average Bonchev–Trinajstić information content (AvgIpc) is 2.60. The van der Waals surface area contributed by atoms with Gasteiger partial charge in [0.15, 0.2) is 0 Å². The van der Waals surface area contributed by atoms with Gasteiger partial charge in [0.2, 0.25) is 0 Å². The summed E-state index contributed by atoms with van der Waals surface area (Å²) >= 11 is 0. The second kappa shape index (κ2) is 9.22. The van der Waals surface area contributed by atoms with Gasteiger partial charge < -0.3 is 10.2 Å².